The maximum atomic E-state index is 5.78. The lowest BCUT2D eigenvalue weighted by Gasteiger charge is -2.06. The molecule has 0 aliphatic rings. The maximum Gasteiger partial charge on any atom is 0.215 e. The Bertz CT molecular complexity index is 470. The van der Waals surface area contributed by atoms with Crippen LogP contribution < -0.4 is 10.5 Å². The van der Waals surface area contributed by atoms with Crippen LogP contribution in [-0.4, -0.2) is 16.6 Å². The van der Waals surface area contributed by atoms with E-state index in [0.717, 1.165) is 17.3 Å². The first-order valence-corrected chi connectivity index (χ1v) is 4.95. The van der Waals surface area contributed by atoms with Crippen LogP contribution in [0.5, 0.6) is 5.88 Å². The molecule has 15 heavy (non-hydrogen) atoms. The smallest absolute Gasteiger partial charge is 0.215 e. The summed E-state index contributed by atoms with van der Waals surface area (Å²) in [4.78, 5) is 8.29. The first-order chi connectivity index (χ1) is 7.31. The Morgan fingerprint density at radius 1 is 1.47 bits per heavy atom. The number of anilines is 1. The molecule has 2 rings (SSSR count). The van der Waals surface area contributed by atoms with Gasteiger partial charge in [-0.1, -0.05) is 13.0 Å². The Morgan fingerprint density at radius 2 is 2.33 bits per heavy atom. The minimum Gasteiger partial charge on any atom is -0.478 e. The highest BCUT2D eigenvalue weighted by Crippen LogP contribution is 2.21. The molecule has 0 saturated heterocycles. The summed E-state index contributed by atoms with van der Waals surface area (Å²) in [7, 11) is 0. The van der Waals surface area contributed by atoms with Gasteiger partial charge in [-0.05, 0) is 12.5 Å². The molecule has 0 aromatic carbocycles. The van der Waals surface area contributed by atoms with Crippen molar-refractivity contribution in [2.24, 2.45) is 0 Å². The molecule has 4 nitrogen and oxygen atoms in total. The minimum atomic E-state index is 0.416. The Hall–Kier alpha value is -1.84. The fourth-order valence-corrected chi connectivity index (χ4v) is 1.37. The highest BCUT2D eigenvalue weighted by molar-refractivity contribution is 5.87. The fourth-order valence-electron chi connectivity index (χ4n) is 1.37. The van der Waals surface area contributed by atoms with E-state index in [-0.39, 0.29) is 0 Å². The summed E-state index contributed by atoms with van der Waals surface area (Å²) in [5.74, 6) is 0.981. The second kappa shape index (κ2) is 4.13. The molecule has 2 N–H and O–H groups in total. The van der Waals surface area contributed by atoms with Crippen molar-refractivity contribution in [2.75, 3.05) is 12.3 Å². The largest absolute Gasteiger partial charge is 0.478 e. The number of fused-ring (bicyclic) bond motifs is 1. The fraction of sp³-hybridized carbons (Fsp3) is 0.273. The van der Waals surface area contributed by atoms with Gasteiger partial charge in [-0.15, -0.1) is 0 Å². The zero-order valence-electron chi connectivity index (χ0n) is 8.60. The van der Waals surface area contributed by atoms with Crippen molar-refractivity contribution in [3.05, 3.63) is 24.4 Å². The normalized spacial score (nSPS) is 10.5. The molecule has 2 aromatic heterocycles. The van der Waals surface area contributed by atoms with Gasteiger partial charge >= 0.3 is 0 Å². The molecule has 4 heteroatoms. The summed E-state index contributed by atoms with van der Waals surface area (Å²) < 4.78 is 5.43. The average Bonchev–Trinajstić information content (AvgIpc) is 2.26. The molecule has 78 valence electrons. The van der Waals surface area contributed by atoms with Crippen LogP contribution >= 0.6 is 0 Å². The molecule has 2 heterocycles. The van der Waals surface area contributed by atoms with E-state index in [1.54, 1.807) is 6.20 Å². The summed E-state index contributed by atoms with van der Waals surface area (Å²) in [5, 5.41) is 0.955. The van der Waals surface area contributed by atoms with Gasteiger partial charge in [0.15, 0.2) is 5.82 Å². The standard InChI is InChI=1S/C11H13N3O/c1-2-6-15-9-7-8-4-3-5-13-10(8)11(12)14-9/h3-5,7H,2,6H2,1H3,(H2,12,14). The summed E-state index contributed by atoms with van der Waals surface area (Å²) in [6.45, 7) is 2.70. The van der Waals surface area contributed by atoms with Gasteiger partial charge in [0.05, 0.1) is 6.61 Å². The van der Waals surface area contributed by atoms with Crippen LogP contribution in [0, 0.1) is 0 Å². The number of pyridine rings is 2. The van der Waals surface area contributed by atoms with Crippen LogP contribution in [0.25, 0.3) is 10.9 Å². The van der Waals surface area contributed by atoms with E-state index in [9.17, 15) is 0 Å². The highest BCUT2D eigenvalue weighted by Gasteiger charge is 2.03. The Labute approximate surface area is 88.1 Å². The van der Waals surface area contributed by atoms with Crippen molar-refractivity contribution >= 4 is 16.7 Å². The molecule has 0 spiro atoms. The van der Waals surface area contributed by atoms with Gasteiger partial charge in [0.2, 0.25) is 5.88 Å². The molecule has 0 saturated carbocycles. The van der Waals surface area contributed by atoms with Crippen molar-refractivity contribution in [2.45, 2.75) is 13.3 Å². The van der Waals surface area contributed by atoms with Crippen LogP contribution in [0.2, 0.25) is 0 Å². The summed E-state index contributed by atoms with van der Waals surface area (Å²) >= 11 is 0. The predicted molar refractivity (Wildman–Crippen MR) is 59.7 cm³/mol. The molecule has 0 amide bonds. The van der Waals surface area contributed by atoms with Gasteiger partial charge in [0.25, 0.3) is 0 Å². The van der Waals surface area contributed by atoms with E-state index in [0.29, 0.717) is 18.3 Å². The van der Waals surface area contributed by atoms with E-state index in [1.165, 1.54) is 0 Å². The molecule has 0 bridgehead atoms. The van der Waals surface area contributed by atoms with Crippen LogP contribution in [0.1, 0.15) is 13.3 Å². The number of aromatic nitrogens is 2. The number of nitrogens with zero attached hydrogens (tertiary/aromatic N) is 2. The molecule has 0 unspecified atom stereocenters. The number of nitrogen functional groups attached to an aromatic ring is 1. The summed E-state index contributed by atoms with van der Waals surface area (Å²) in [6, 6.07) is 5.67. The second-order valence-electron chi connectivity index (χ2n) is 3.27. The molecule has 0 aliphatic heterocycles. The zero-order valence-corrected chi connectivity index (χ0v) is 8.60. The Morgan fingerprint density at radius 3 is 3.13 bits per heavy atom. The van der Waals surface area contributed by atoms with Crippen molar-refractivity contribution < 1.29 is 4.74 Å². The summed E-state index contributed by atoms with van der Waals surface area (Å²) in [5.41, 5.74) is 6.50. The Balaban J connectivity index is 2.43. The molecule has 0 atom stereocenters. The lowest BCUT2D eigenvalue weighted by molar-refractivity contribution is 0.306. The van der Waals surface area contributed by atoms with Gasteiger partial charge in [0, 0.05) is 17.6 Å². The minimum absolute atomic E-state index is 0.416. The molecule has 2 aromatic rings. The first kappa shape index (κ1) is 9.71. The van der Waals surface area contributed by atoms with E-state index < -0.39 is 0 Å². The van der Waals surface area contributed by atoms with Gasteiger partial charge < -0.3 is 10.5 Å². The zero-order chi connectivity index (χ0) is 10.7. The van der Waals surface area contributed by atoms with Gasteiger partial charge in [-0.3, -0.25) is 4.98 Å². The molecule has 0 fully saturated rings. The Kier molecular flexibility index (Phi) is 2.67. The third kappa shape index (κ3) is 1.98. The topological polar surface area (TPSA) is 61.0 Å². The van der Waals surface area contributed by atoms with Crippen molar-refractivity contribution in [1.82, 2.24) is 9.97 Å². The van der Waals surface area contributed by atoms with Crippen LogP contribution in [0.4, 0.5) is 5.82 Å². The monoisotopic (exact) mass is 203 g/mol. The van der Waals surface area contributed by atoms with Gasteiger partial charge in [-0.2, -0.15) is 4.98 Å². The number of hydrogen-bond donors (Lipinski definition) is 1. The maximum absolute atomic E-state index is 5.78. The van der Waals surface area contributed by atoms with Crippen molar-refractivity contribution in [3.8, 4) is 5.88 Å². The summed E-state index contributed by atoms with van der Waals surface area (Å²) in [6.07, 6.45) is 2.65. The lowest BCUT2D eigenvalue weighted by atomic mass is 10.2. The predicted octanol–water partition coefficient (Wildman–Crippen LogP) is 2.00. The van der Waals surface area contributed by atoms with Crippen molar-refractivity contribution in [1.29, 1.82) is 0 Å². The number of nitrogens with two attached hydrogens (primary N) is 1. The SMILES string of the molecule is CCCOc1cc2cccnc2c(N)n1. The second-order valence-corrected chi connectivity index (χ2v) is 3.27. The number of hydrogen-bond acceptors (Lipinski definition) is 4. The third-order valence-corrected chi connectivity index (χ3v) is 2.05. The van der Waals surface area contributed by atoms with E-state index in [1.807, 2.05) is 25.1 Å². The van der Waals surface area contributed by atoms with Gasteiger partial charge in [-0.25, -0.2) is 0 Å². The lowest BCUT2D eigenvalue weighted by Crippen LogP contribution is -2.00. The number of rotatable bonds is 3. The van der Waals surface area contributed by atoms with E-state index >= 15 is 0 Å². The van der Waals surface area contributed by atoms with Crippen LogP contribution in [0.15, 0.2) is 24.4 Å². The van der Waals surface area contributed by atoms with E-state index in [2.05, 4.69) is 9.97 Å². The average molecular weight is 203 g/mol. The van der Waals surface area contributed by atoms with E-state index in [4.69, 9.17) is 10.5 Å². The third-order valence-electron chi connectivity index (χ3n) is 2.05. The number of ether oxygens (including phenoxy) is 1. The quantitative estimate of drug-likeness (QED) is 0.828. The molecule has 0 radical (unpaired) electrons. The first-order valence-electron chi connectivity index (χ1n) is 4.95. The van der Waals surface area contributed by atoms with Crippen LogP contribution in [0.3, 0.4) is 0 Å². The van der Waals surface area contributed by atoms with Gasteiger partial charge in [0.1, 0.15) is 5.52 Å². The molecular weight excluding hydrogens is 190 g/mol. The van der Waals surface area contributed by atoms with Crippen LogP contribution in [-0.2, 0) is 0 Å². The highest BCUT2D eigenvalue weighted by atomic mass is 16.5. The molecule has 0 aliphatic carbocycles. The molecular formula is C11H13N3O. The van der Waals surface area contributed by atoms with Crippen molar-refractivity contribution in [3.63, 3.8) is 0 Å².